The molecule has 0 atom stereocenters. The maximum absolute atomic E-state index is 12.2. The summed E-state index contributed by atoms with van der Waals surface area (Å²) in [5.74, 6) is 0.648. The third kappa shape index (κ3) is 3.39. The molecule has 0 saturated heterocycles. The summed E-state index contributed by atoms with van der Waals surface area (Å²) in [6.07, 6.45) is 2.92. The van der Waals surface area contributed by atoms with E-state index in [1.54, 1.807) is 12.1 Å². The number of carbonyl (C=O) groups is 1. The molecule has 23 heavy (non-hydrogen) atoms. The average Bonchev–Trinajstić information content (AvgIpc) is 3.10. The molecule has 0 aliphatic carbocycles. The van der Waals surface area contributed by atoms with Crippen molar-refractivity contribution in [3.8, 4) is 5.82 Å². The molecule has 0 aliphatic heterocycles. The summed E-state index contributed by atoms with van der Waals surface area (Å²) in [5, 5.41) is 14.7. The van der Waals surface area contributed by atoms with E-state index in [1.165, 1.54) is 22.9 Å². The molecule has 2 aromatic heterocycles. The van der Waals surface area contributed by atoms with Crippen LogP contribution in [0.25, 0.3) is 5.82 Å². The highest BCUT2D eigenvalue weighted by atomic mass is 16.1. The van der Waals surface area contributed by atoms with Crippen LogP contribution in [0.3, 0.4) is 0 Å². The number of nitrogens with zero attached hydrogens (tertiary/aromatic N) is 5. The minimum Gasteiger partial charge on any atom is -0.321 e. The predicted octanol–water partition coefficient (Wildman–Crippen LogP) is 2.43. The molecule has 0 aliphatic rings. The van der Waals surface area contributed by atoms with Gasteiger partial charge in [-0.3, -0.25) is 4.79 Å². The van der Waals surface area contributed by atoms with Gasteiger partial charge in [-0.25, -0.2) is 9.67 Å². The Bertz CT molecular complexity index is 778. The van der Waals surface area contributed by atoms with E-state index in [0.29, 0.717) is 11.7 Å². The molecular weight excluding hydrogens is 292 g/mol. The lowest BCUT2D eigenvalue weighted by atomic mass is 10.0. The third-order valence-electron chi connectivity index (χ3n) is 3.37. The van der Waals surface area contributed by atoms with E-state index < -0.39 is 0 Å². The van der Waals surface area contributed by atoms with Crippen LogP contribution in [-0.2, 0) is 0 Å². The molecule has 7 nitrogen and oxygen atoms in total. The van der Waals surface area contributed by atoms with Gasteiger partial charge in [0.05, 0.1) is 0 Å². The summed E-state index contributed by atoms with van der Waals surface area (Å²) in [7, 11) is 0. The predicted molar refractivity (Wildman–Crippen MR) is 85.4 cm³/mol. The fourth-order valence-corrected chi connectivity index (χ4v) is 2.04. The van der Waals surface area contributed by atoms with Gasteiger partial charge < -0.3 is 5.32 Å². The molecular formula is C16H16N6O. The molecule has 1 aromatic carbocycles. The second-order valence-electron chi connectivity index (χ2n) is 5.35. The molecule has 7 heteroatoms. The van der Waals surface area contributed by atoms with Crippen LogP contribution in [0.15, 0.2) is 49.1 Å². The highest BCUT2D eigenvalue weighted by Crippen LogP contribution is 2.17. The summed E-state index contributed by atoms with van der Waals surface area (Å²) in [6, 6.07) is 11.0. The van der Waals surface area contributed by atoms with E-state index in [9.17, 15) is 4.79 Å². The number of hydrogen-bond acceptors (Lipinski definition) is 5. The largest absolute Gasteiger partial charge is 0.321 e. The van der Waals surface area contributed by atoms with Crippen molar-refractivity contribution >= 4 is 11.6 Å². The molecule has 0 spiro atoms. The van der Waals surface area contributed by atoms with Gasteiger partial charge in [-0.05, 0) is 35.7 Å². The van der Waals surface area contributed by atoms with Crippen LogP contribution in [0, 0.1) is 0 Å². The molecule has 0 unspecified atom stereocenters. The fourth-order valence-electron chi connectivity index (χ4n) is 2.04. The highest BCUT2D eigenvalue weighted by molar-refractivity contribution is 6.02. The van der Waals surface area contributed by atoms with Crippen molar-refractivity contribution in [1.82, 2.24) is 25.0 Å². The second-order valence-corrected chi connectivity index (χ2v) is 5.35. The van der Waals surface area contributed by atoms with Crippen LogP contribution >= 0.6 is 0 Å². The first kappa shape index (κ1) is 14.8. The Kier molecular flexibility index (Phi) is 4.09. The molecule has 0 fully saturated rings. The van der Waals surface area contributed by atoms with Gasteiger partial charge in [0, 0.05) is 5.69 Å². The number of carbonyl (C=O) groups excluding carboxylic acids is 1. The Hall–Kier alpha value is -3.09. The maximum Gasteiger partial charge on any atom is 0.276 e. The SMILES string of the molecule is CC(C)c1ccc(NC(=O)c2ccc(-n3cncn3)nn2)cc1. The van der Waals surface area contributed by atoms with Crippen LogP contribution in [0.1, 0.15) is 35.8 Å². The summed E-state index contributed by atoms with van der Waals surface area (Å²) < 4.78 is 1.47. The van der Waals surface area contributed by atoms with Crippen LogP contribution < -0.4 is 5.32 Å². The van der Waals surface area contributed by atoms with Crippen LogP contribution in [0.4, 0.5) is 5.69 Å². The summed E-state index contributed by atoms with van der Waals surface area (Å²) in [4.78, 5) is 16.0. The number of benzene rings is 1. The van der Waals surface area contributed by atoms with E-state index in [-0.39, 0.29) is 11.6 Å². The first-order valence-electron chi connectivity index (χ1n) is 7.23. The molecule has 0 bridgehead atoms. The van der Waals surface area contributed by atoms with E-state index in [0.717, 1.165) is 5.69 Å². The van der Waals surface area contributed by atoms with Crippen molar-refractivity contribution in [3.63, 3.8) is 0 Å². The van der Waals surface area contributed by atoms with Crippen molar-refractivity contribution < 1.29 is 4.79 Å². The zero-order valence-electron chi connectivity index (χ0n) is 12.8. The Morgan fingerprint density at radius 2 is 1.87 bits per heavy atom. The van der Waals surface area contributed by atoms with Gasteiger partial charge in [0.1, 0.15) is 12.7 Å². The van der Waals surface area contributed by atoms with Crippen molar-refractivity contribution in [2.75, 3.05) is 5.32 Å². The normalized spacial score (nSPS) is 10.7. The lowest BCUT2D eigenvalue weighted by Crippen LogP contribution is -2.15. The van der Waals surface area contributed by atoms with E-state index in [4.69, 9.17) is 0 Å². The average molecular weight is 308 g/mol. The molecule has 1 N–H and O–H groups in total. The van der Waals surface area contributed by atoms with Crippen molar-refractivity contribution in [3.05, 3.63) is 60.3 Å². The Morgan fingerprint density at radius 3 is 2.43 bits per heavy atom. The van der Waals surface area contributed by atoms with Crippen LogP contribution in [-0.4, -0.2) is 30.9 Å². The van der Waals surface area contributed by atoms with Gasteiger partial charge in [0.25, 0.3) is 5.91 Å². The highest BCUT2D eigenvalue weighted by Gasteiger charge is 2.10. The molecule has 3 aromatic rings. The number of rotatable bonds is 4. The Balaban J connectivity index is 1.70. The third-order valence-corrected chi connectivity index (χ3v) is 3.37. The lowest BCUT2D eigenvalue weighted by Gasteiger charge is -2.08. The number of aromatic nitrogens is 5. The van der Waals surface area contributed by atoms with Gasteiger partial charge >= 0.3 is 0 Å². The van der Waals surface area contributed by atoms with Crippen molar-refractivity contribution in [1.29, 1.82) is 0 Å². The summed E-state index contributed by atoms with van der Waals surface area (Å²) in [5.41, 5.74) is 2.18. The Morgan fingerprint density at radius 1 is 1.09 bits per heavy atom. The number of amides is 1. The molecule has 116 valence electrons. The van der Waals surface area contributed by atoms with Crippen LogP contribution in [0.5, 0.6) is 0 Å². The van der Waals surface area contributed by atoms with Crippen molar-refractivity contribution in [2.45, 2.75) is 19.8 Å². The van der Waals surface area contributed by atoms with E-state index in [1.807, 2.05) is 24.3 Å². The first-order valence-corrected chi connectivity index (χ1v) is 7.23. The number of nitrogens with one attached hydrogen (secondary N) is 1. The minimum atomic E-state index is -0.306. The first-order chi connectivity index (χ1) is 11.1. The lowest BCUT2D eigenvalue weighted by molar-refractivity contribution is 0.102. The van der Waals surface area contributed by atoms with Gasteiger partial charge in [-0.1, -0.05) is 26.0 Å². The molecule has 0 radical (unpaired) electrons. The summed E-state index contributed by atoms with van der Waals surface area (Å²) in [6.45, 7) is 4.25. The zero-order chi connectivity index (χ0) is 16.2. The summed E-state index contributed by atoms with van der Waals surface area (Å²) >= 11 is 0. The Labute approximate surface area is 133 Å². The monoisotopic (exact) mass is 308 g/mol. The van der Waals surface area contributed by atoms with Gasteiger partial charge in [-0.2, -0.15) is 5.10 Å². The minimum absolute atomic E-state index is 0.238. The van der Waals surface area contributed by atoms with Gasteiger partial charge in [0.15, 0.2) is 11.5 Å². The number of anilines is 1. The van der Waals surface area contributed by atoms with E-state index in [2.05, 4.69) is 39.4 Å². The molecule has 1 amide bonds. The van der Waals surface area contributed by atoms with Crippen molar-refractivity contribution in [2.24, 2.45) is 0 Å². The molecule has 3 rings (SSSR count). The second kappa shape index (κ2) is 6.35. The number of hydrogen-bond donors (Lipinski definition) is 1. The fraction of sp³-hybridized carbons (Fsp3) is 0.188. The van der Waals surface area contributed by atoms with Gasteiger partial charge in [0.2, 0.25) is 0 Å². The standard InChI is InChI=1S/C16H16N6O/c1-11(2)12-3-5-13(6-4-12)19-16(23)14-7-8-15(21-20-14)22-10-17-9-18-22/h3-11H,1-2H3,(H,19,23). The van der Waals surface area contributed by atoms with Crippen LogP contribution in [0.2, 0.25) is 0 Å². The zero-order valence-corrected chi connectivity index (χ0v) is 12.8. The van der Waals surface area contributed by atoms with E-state index >= 15 is 0 Å². The smallest absolute Gasteiger partial charge is 0.276 e. The molecule has 2 heterocycles. The maximum atomic E-state index is 12.2. The van der Waals surface area contributed by atoms with Gasteiger partial charge in [-0.15, -0.1) is 10.2 Å². The molecule has 0 saturated carbocycles. The topological polar surface area (TPSA) is 85.6 Å². The quantitative estimate of drug-likeness (QED) is 0.800.